The second-order valence-electron chi connectivity index (χ2n) is 6.14. The molecule has 0 N–H and O–H groups in total. The molecule has 5 heteroatoms. The van der Waals surface area contributed by atoms with Gasteiger partial charge in [-0.05, 0) is 31.2 Å². The Kier molecular flexibility index (Phi) is 4.62. The van der Waals surface area contributed by atoms with Crippen molar-refractivity contribution in [2.45, 2.75) is 26.9 Å². The highest BCUT2D eigenvalue weighted by Gasteiger charge is 2.20. The minimum Gasteiger partial charge on any atom is -0.475 e. The predicted molar refractivity (Wildman–Crippen MR) is 95.7 cm³/mol. The third kappa shape index (κ3) is 3.03. The molecule has 0 bridgehead atoms. The van der Waals surface area contributed by atoms with Crippen molar-refractivity contribution in [2.75, 3.05) is 6.61 Å². The molecular formula is C20H20N2O3. The third-order valence-electron chi connectivity index (χ3n) is 4.09. The fourth-order valence-electron chi connectivity index (χ4n) is 2.87. The number of rotatable bonds is 5. The Labute approximate surface area is 146 Å². The van der Waals surface area contributed by atoms with Gasteiger partial charge in [0.25, 0.3) is 0 Å². The lowest BCUT2D eigenvalue weighted by Crippen LogP contribution is -2.20. The Hall–Kier alpha value is -3.00. The fraction of sp³-hybridized carbons (Fsp3) is 0.300. The van der Waals surface area contributed by atoms with Crippen molar-refractivity contribution in [3.63, 3.8) is 0 Å². The van der Waals surface area contributed by atoms with Gasteiger partial charge in [-0.25, -0.2) is 4.79 Å². The van der Waals surface area contributed by atoms with Gasteiger partial charge in [-0.1, -0.05) is 19.9 Å². The highest BCUT2D eigenvalue weighted by atomic mass is 16.5. The largest absolute Gasteiger partial charge is 0.475 e. The molecule has 5 nitrogen and oxygen atoms in total. The van der Waals surface area contributed by atoms with Gasteiger partial charge >= 0.3 is 5.97 Å². The van der Waals surface area contributed by atoms with Crippen LogP contribution in [0.25, 0.3) is 16.4 Å². The molecule has 2 aromatic heterocycles. The zero-order valence-electron chi connectivity index (χ0n) is 14.5. The van der Waals surface area contributed by atoms with Crippen molar-refractivity contribution < 1.29 is 14.3 Å². The summed E-state index contributed by atoms with van der Waals surface area (Å²) in [7, 11) is 0. The summed E-state index contributed by atoms with van der Waals surface area (Å²) in [5.74, 6) is 0.346. The van der Waals surface area contributed by atoms with Crippen molar-refractivity contribution >= 4 is 22.4 Å². The number of esters is 1. The normalized spacial score (nSPS) is 12.3. The molecule has 1 aromatic carbocycles. The number of aromatic nitrogens is 1. The number of pyridine rings is 1. The number of ether oxygens (including phenoxy) is 2. The van der Waals surface area contributed by atoms with Crippen LogP contribution in [0.1, 0.15) is 31.1 Å². The lowest BCUT2D eigenvalue weighted by molar-refractivity contribution is 0.0531. The number of carbonyl (C=O) groups excluding carboxylic acids is 1. The predicted octanol–water partition coefficient (Wildman–Crippen LogP) is 4.20. The summed E-state index contributed by atoms with van der Waals surface area (Å²) in [6.07, 6.45) is 1.38. The van der Waals surface area contributed by atoms with E-state index in [4.69, 9.17) is 9.47 Å². The first-order valence-electron chi connectivity index (χ1n) is 8.33. The van der Waals surface area contributed by atoms with E-state index in [1.807, 2.05) is 54.8 Å². The Balaban J connectivity index is 2.16. The van der Waals surface area contributed by atoms with Crippen LogP contribution >= 0.6 is 0 Å². The number of fused-ring (bicyclic) bond motifs is 3. The van der Waals surface area contributed by atoms with Gasteiger partial charge in [-0.3, -0.25) is 0 Å². The number of hydrogen-bond donors (Lipinski definition) is 0. The smallest absolute Gasteiger partial charge is 0.340 e. The van der Waals surface area contributed by atoms with Crippen molar-refractivity contribution in [1.82, 2.24) is 4.40 Å². The SMILES string of the molecule is CCOC(=O)c1c2ccc(OC(C#N)C(C)C)cc2n2ccccc12. The zero-order valence-corrected chi connectivity index (χ0v) is 14.5. The van der Waals surface area contributed by atoms with Crippen LogP contribution < -0.4 is 4.74 Å². The number of nitriles is 1. The topological polar surface area (TPSA) is 63.7 Å². The second kappa shape index (κ2) is 6.86. The van der Waals surface area contributed by atoms with E-state index < -0.39 is 6.10 Å². The van der Waals surface area contributed by atoms with Crippen molar-refractivity contribution in [3.05, 3.63) is 48.2 Å². The molecule has 1 unspecified atom stereocenters. The lowest BCUT2D eigenvalue weighted by Gasteiger charge is -2.15. The molecule has 0 spiro atoms. The molecule has 2 heterocycles. The maximum Gasteiger partial charge on any atom is 0.340 e. The highest BCUT2D eigenvalue weighted by Crippen LogP contribution is 2.31. The highest BCUT2D eigenvalue weighted by molar-refractivity contribution is 6.11. The van der Waals surface area contributed by atoms with Crippen LogP contribution in [-0.4, -0.2) is 23.1 Å². The number of carbonyl (C=O) groups is 1. The Morgan fingerprint density at radius 3 is 2.72 bits per heavy atom. The molecule has 0 amide bonds. The van der Waals surface area contributed by atoms with Gasteiger partial charge in [-0.2, -0.15) is 5.26 Å². The lowest BCUT2D eigenvalue weighted by atomic mass is 10.1. The Morgan fingerprint density at radius 1 is 1.24 bits per heavy atom. The molecule has 3 aromatic rings. The summed E-state index contributed by atoms with van der Waals surface area (Å²) >= 11 is 0. The molecule has 25 heavy (non-hydrogen) atoms. The molecule has 0 fully saturated rings. The average molecular weight is 336 g/mol. The molecular weight excluding hydrogens is 316 g/mol. The average Bonchev–Trinajstić information content (AvgIpc) is 2.93. The first-order valence-corrected chi connectivity index (χ1v) is 8.33. The number of benzene rings is 1. The summed E-state index contributed by atoms with van der Waals surface area (Å²) in [4.78, 5) is 12.4. The minimum atomic E-state index is -0.520. The van der Waals surface area contributed by atoms with Crippen molar-refractivity contribution in [1.29, 1.82) is 5.26 Å². The van der Waals surface area contributed by atoms with Crippen LogP contribution in [0.4, 0.5) is 0 Å². The molecule has 0 aliphatic carbocycles. The van der Waals surface area contributed by atoms with Gasteiger partial charge < -0.3 is 13.9 Å². The van der Waals surface area contributed by atoms with Crippen LogP contribution in [0.5, 0.6) is 5.75 Å². The summed E-state index contributed by atoms with van der Waals surface area (Å²) in [6, 6.07) is 13.3. The summed E-state index contributed by atoms with van der Waals surface area (Å²) in [5, 5.41) is 10.0. The van der Waals surface area contributed by atoms with Gasteiger partial charge in [0, 0.05) is 23.6 Å². The van der Waals surface area contributed by atoms with E-state index >= 15 is 0 Å². The standard InChI is InChI=1S/C20H20N2O3/c1-4-24-20(23)19-15-9-8-14(25-18(12-21)13(2)3)11-17(15)22-10-6-5-7-16(19)22/h5-11,13,18H,4H2,1-3H3. The van der Waals surface area contributed by atoms with Gasteiger partial charge in [0.1, 0.15) is 11.8 Å². The van der Waals surface area contributed by atoms with Gasteiger partial charge in [0.2, 0.25) is 0 Å². The number of hydrogen-bond acceptors (Lipinski definition) is 4. The van der Waals surface area contributed by atoms with E-state index in [0.717, 1.165) is 16.4 Å². The minimum absolute atomic E-state index is 0.0832. The Bertz CT molecular complexity index is 966. The van der Waals surface area contributed by atoms with Crippen LogP contribution in [0, 0.1) is 17.2 Å². The van der Waals surface area contributed by atoms with E-state index in [0.29, 0.717) is 17.9 Å². The monoisotopic (exact) mass is 336 g/mol. The molecule has 128 valence electrons. The van der Waals surface area contributed by atoms with E-state index in [9.17, 15) is 10.1 Å². The molecule has 0 radical (unpaired) electrons. The van der Waals surface area contributed by atoms with E-state index in [1.54, 1.807) is 13.0 Å². The van der Waals surface area contributed by atoms with Gasteiger partial charge in [-0.15, -0.1) is 0 Å². The first kappa shape index (κ1) is 16.8. The van der Waals surface area contributed by atoms with E-state index in [1.165, 1.54) is 0 Å². The maximum absolute atomic E-state index is 12.4. The first-order chi connectivity index (χ1) is 12.1. The van der Waals surface area contributed by atoms with Crippen molar-refractivity contribution in [3.8, 4) is 11.8 Å². The molecule has 0 aliphatic heterocycles. The van der Waals surface area contributed by atoms with Gasteiger partial charge in [0.15, 0.2) is 6.10 Å². The second-order valence-corrected chi connectivity index (χ2v) is 6.14. The zero-order chi connectivity index (χ0) is 18.0. The molecule has 0 saturated carbocycles. The quantitative estimate of drug-likeness (QED) is 0.655. The molecule has 3 rings (SSSR count). The summed E-state index contributed by atoms with van der Waals surface area (Å²) < 4.78 is 13.0. The van der Waals surface area contributed by atoms with Crippen LogP contribution in [-0.2, 0) is 4.74 Å². The molecule has 0 aliphatic rings. The van der Waals surface area contributed by atoms with Crippen molar-refractivity contribution in [2.24, 2.45) is 5.92 Å². The maximum atomic E-state index is 12.4. The van der Waals surface area contributed by atoms with Gasteiger partial charge in [0.05, 0.1) is 23.2 Å². The van der Waals surface area contributed by atoms with Crippen LogP contribution in [0.15, 0.2) is 42.6 Å². The van der Waals surface area contributed by atoms with E-state index in [-0.39, 0.29) is 11.9 Å². The van der Waals surface area contributed by atoms with Crippen LogP contribution in [0.2, 0.25) is 0 Å². The molecule has 1 atom stereocenters. The molecule has 0 saturated heterocycles. The third-order valence-corrected chi connectivity index (χ3v) is 4.09. The summed E-state index contributed by atoms with van der Waals surface area (Å²) in [5.41, 5.74) is 2.18. The fourth-order valence-corrected chi connectivity index (χ4v) is 2.87. The van der Waals surface area contributed by atoms with E-state index in [2.05, 4.69) is 6.07 Å². The Morgan fingerprint density at radius 2 is 2.04 bits per heavy atom. The number of nitrogens with zero attached hydrogens (tertiary/aromatic N) is 2. The summed E-state index contributed by atoms with van der Waals surface area (Å²) in [6.45, 7) is 6.00. The van der Waals surface area contributed by atoms with Crippen LogP contribution in [0.3, 0.4) is 0 Å².